The van der Waals surface area contributed by atoms with Crippen molar-refractivity contribution >= 4 is 35.0 Å². The molecule has 0 spiro atoms. The van der Waals surface area contributed by atoms with Crippen LogP contribution in [0.2, 0.25) is 0 Å². The number of ether oxygens (including phenoxy) is 1. The van der Waals surface area contributed by atoms with E-state index in [4.69, 9.17) is 0 Å². The number of nitrogens with zero attached hydrogens (tertiary/aromatic N) is 3. The maximum absolute atomic E-state index is 11.1. The molecule has 0 aromatic carbocycles. The van der Waals surface area contributed by atoms with E-state index >= 15 is 0 Å². The van der Waals surface area contributed by atoms with E-state index in [9.17, 15) is 4.79 Å². The highest BCUT2D eigenvalue weighted by Crippen LogP contribution is 2.18. The molecular weight excluding hydrogens is 266 g/mol. The van der Waals surface area contributed by atoms with Gasteiger partial charge in [-0.3, -0.25) is 5.32 Å². The number of thioether (sulfide) groups is 1. The van der Waals surface area contributed by atoms with Gasteiger partial charge in [0.05, 0.1) is 13.3 Å². The number of imidazole rings is 1. The molecule has 2 aromatic rings. The average Bonchev–Trinajstić information content (AvgIpc) is 2.80. The topological polar surface area (TPSA) is 92.8 Å². The van der Waals surface area contributed by atoms with Crippen LogP contribution in [0.15, 0.2) is 11.4 Å². The lowest BCUT2D eigenvalue weighted by Gasteiger charge is -1.97. The second kappa shape index (κ2) is 6.37. The van der Waals surface area contributed by atoms with Crippen LogP contribution in [0.3, 0.4) is 0 Å². The molecular formula is C11H15N5O2S. The third-order valence-electron chi connectivity index (χ3n) is 2.35. The molecule has 2 aromatic heterocycles. The van der Waals surface area contributed by atoms with Gasteiger partial charge < -0.3 is 9.72 Å². The molecule has 8 heteroatoms. The number of aromatic amines is 1. The molecule has 0 unspecified atom stereocenters. The predicted molar refractivity (Wildman–Crippen MR) is 73.3 cm³/mol. The van der Waals surface area contributed by atoms with Crippen molar-refractivity contribution in [2.75, 3.05) is 18.2 Å². The van der Waals surface area contributed by atoms with Crippen LogP contribution in [0.25, 0.3) is 11.2 Å². The quantitative estimate of drug-likeness (QED) is 0.496. The Balaban J connectivity index is 2.11. The Hall–Kier alpha value is -1.83. The maximum Gasteiger partial charge on any atom is 0.413 e. The van der Waals surface area contributed by atoms with Crippen LogP contribution in [0.5, 0.6) is 0 Å². The molecule has 0 aliphatic carbocycles. The Morgan fingerprint density at radius 3 is 3.11 bits per heavy atom. The third kappa shape index (κ3) is 3.57. The van der Waals surface area contributed by atoms with Crippen LogP contribution in [0.1, 0.15) is 19.8 Å². The Bertz CT molecular complexity index is 571. The summed E-state index contributed by atoms with van der Waals surface area (Å²) >= 11 is 1.60. The highest BCUT2D eigenvalue weighted by atomic mass is 32.2. The average molecular weight is 281 g/mol. The van der Waals surface area contributed by atoms with E-state index in [1.807, 2.05) is 0 Å². The van der Waals surface area contributed by atoms with Crippen LogP contribution >= 0.6 is 11.8 Å². The molecule has 0 bridgehead atoms. The number of rotatable bonds is 5. The van der Waals surface area contributed by atoms with E-state index in [0.717, 1.165) is 18.6 Å². The summed E-state index contributed by atoms with van der Waals surface area (Å²) in [7, 11) is 1.29. The predicted octanol–water partition coefficient (Wildman–Crippen LogP) is 2.42. The molecule has 2 heterocycles. The van der Waals surface area contributed by atoms with Crippen LogP contribution in [0, 0.1) is 0 Å². The van der Waals surface area contributed by atoms with Crippen molar-refractivity contribution in [2.45, 2.75) is 24.9 Å². The van der Waals surface area contributed by atoms with Crippen molar-refractivity contribution < 1.29 is 9.53 Å². The number of amides is 1. The molecule has 0 aliphatic rings. The van der Waals surface area contributed by atoms with E-state index in [-0.39, 0.29) is 0 Å². The summed E-state index contributed by atoms with van der Waals surface area (Å²) in [5.41, 5.74) is 1.20. The smallest absolute Gasteiger partial charge is 0.413 e. The van der Waals surface area contributed by atoms with E-state index in [1.54, 1.807) is 18.0 Å². The molecule has 2 rings (SSSR count). The van der Waals surface area contributed by atoms with E-state index < -0.39 is 6.09 Å². The van der Waals surface area contributed by atoms with Gasteiger partial charge in [-0.05, 0) is 6.42 Å². The first kappa shape index (κ1) is 13.6. The van der Waals surface area contributed by atoms with Gasteiger partial charge in [0.15, 0.2) is 10.8 Å². The van der Waals surface area contributed by atoms with Crippen LogP contribution in [0.4, 0.5) is 10.7 Å². The number of nitrogens with one attached hydrogen (secondary N) is 2. The fourth-order valence-electron chi connectivity index (χ4n) is 1.38. The Labute approximate surface area is 114 Å². The second-order valence-corrected chi connectivity index (χ2v) is 4.86. The summed E-state index contributed by atoms with van der Waals surface area (Å²) in [6, 6.07) is 0. The number of hydrogen-bond donors (Lipinski definition) is 2. The molecule has 2 N–H and O–H groups in total. The van der Waals surface area contributed by atoms with E-state index in [1.165, 1.54) is 7.11 Å². The minimum Gasteiger partial charge on any atom is -0.453 e. The van der Waals surface area contributed by atoms with Crippen LogP contribution < -0.4 is 5.32 Å². The van der Waals surface area contributed by atoms with Gasteiger partial charge in [-0.1, -0.05) is 25.1 Å². The molecule has 1 amide bonds. The summed E-state index contributed by atoms with van der Waals surface area (Å²) in [5, 5.41) is 3.14. The Morgan fingerprint density at radius 1 is 1.53 bits per heavy atom. The summed E-state index contributed by atoms with van der Waals surface area (Å²) in [6.07, 6.45) is 3.35. The van der Waals surface area contributed by atoms with Gasteiger partial charge >= 0.3 is 6.09 Å². The van der Waals surface area contributed by atoms with E-state index in [2.05, 4.69) is 36.9 Å². The maximum atomic E-state index is 11.1. The number of methoxy groups -OCH3 is 1. The van der Waals surface area contributed by atoms with Gasteiger partial charge in [0.1, 0.15) is 5.52 Å². The Morgan fingerprint density at radius 2 is 2.37 bits per heavy atom. The molecule has 0 saturated carbocycles. The van der Waals surface area contributed by atoms with Gasteiger partial charge in [-0.15, -0.1) is 0 Å². The zero-order valence-corrected chi connectivity index (χ0v) is 11.6. The summed E-state index contributed by atoms with van der Waals surface area (Å²) in [6.45, 7) is 2.14. The fraction of sp³-hybridized carbons (Fsp3) is 0.455. The number of H-pyrrole nitrogens is 1. The number of aromatic nitrogens is 4. The zero-order valence-electron chi connectivity index (χ0n) is 10.8. The first-order valence-electron chi connectivity index (χ1n) is 5.93. The highest BCUT2D eigenvalue weighted by Gasteiger charge is 2.09. The van der Waals surface area contributed by atoms with Gasteiger partial charge in [0.25, 0.3) is 0 Å². The standard InChI is InChI=1S/C11H15N5O2S/c1-3-4-5-19-10-12-6-7-8(15-10)14-9(13-7)16-11(17)18-2/h6H,3-5H2,1-2H3,(H2,12,13,14,15,16,17). The fourth-order valence-corrected chi connectivity index (χ4v) is 2.27. The number of hydrogen-bond acceptors (Lipinski definition) is 6. The molecule has 0 saturated heterocycles. The van der Waals surface area contributed by atoms with Crippen molar-refractivity contribution in [3.8, 4) is 0 Å². The summed E-state index contributed by atoms with van der Waals surface area (Å²) < 4.78 is 4.49. The SMILES string of the molecule is CCCCSc1ncc2[nH]c(NC(=O)OC)nc2n1. The lowest BCUT2D eigenvalue weighted by molar-refractivity contribution is 0.186. The van der Waals surface area contributed by atoms with Gasteiger partial charge in [0.2, 0.25) is 5.95 Å². The summed E-state index contributed by atoms with van der Waals surface area (Å²) in [4.78, 5) is 26.7. The van der Waals surface area contributed by atoms with Gasteiger partial charge in [-0.2, -0.15) is 4.98 Å². The largest absolute Gasteiger partial charge is 0.453 e. The number of carbonyl (C=O) groups excluding carboxylic acids is 1. The molecule has 0 fully saturated rings. The summed E-state index contributed by atoms with van der Waals surface area (Å²) in [5.74, 6) is 1.28. The first-order valence-corrected chi connectivity index (χ1v) is 6.92. The zero-order chi connectivity index (χ0) is 13.7. The molecule has 0 aliphatic heterocycles. The molecule has 0 atom stereocenters. The van der Waals surface area contributed by atoms with Crippen molar-refractivity contribution in [3.05, 3.63) is 6.20 Å². The number of unbranched alkanes of at least 4 members (excludes halogenated alkanes) is 1. The molecule has 102 valence electrons. The van der Waals surface area contributed by atoms with Crippen molar-refractivity contribution in [1.29, 1.82) is 0 Å². The first-order chi connectivity index (χ1) is 9.22. The Kier molecular flexibility index (Phi) is 4.56. The second-order valence-electron chi connectivity index (χ2n) is 3.79. The number of carbonyl (C=O) groups is 1. The normalized spacial score (nSPS) is 10.6. The van der Waals surface area contributed by atoms with Gasteiger partial charge in [0, 0.05) is 5.75 Å². The minimum absolute atomic E-state index is 0.298. The molecule has 7 nitrogen and oxygen atoms in total. The van der Waals surface area contributed by atoms with Crippen molar-refractivity contribution in [1.82, 2.24) is 19.9 Å². The lowest BCUT2D eigenvalue weighted by Crippen LogP contribution is -2.11. The lowest BCUT2D eigenvalue weighted by atomic mass is 10.4. The van der Waals surface area contributed by atoms with E-state index in [0.29, 0.717) is 22.3 Å². The minimum atomic E-state index is -0.579. The monoisotopic (exact) mass is 281 g/mol. The number of anilines is 1. The molecule has 0 radical (unpaired) electrons. The van der Waals surface area contributed by atoms with Crippen LogP contribution in [-0.2, 0) is 4.74 Å². The van der Waals surface area contributed by atoms with Crippen LogP contribution in [-0.4, -0.2) is 38.9 Å². The third-order valence-corrected chi connectivity index (χ3v) is 3.30. The van der Waals surface area contributed by atoms with Crippen molar-refractivity contribution in [3.63, 3.8) is 0 Å². The van der Waals surface area contributed by atoms with Gasteiger partial charge in [-0.25, -0.2) is 14.8 Å². The molecule has 19 heavy (non-hydrogen) atoms. The highest BCUT2D eigenvalue weighted by molar-refractivity contribution is 7.99. The van der Waals surface area contributed by atoms with Crippen molar-refractivity contribution in [2.24, 2.45) is 0 Å². The number of fused-ring (bicyclic) bond motifs is 1.